The maximum atomic E-state index is 12.5. The van der Waals surface area contributed by atoms with Crippen molar-refractivity contribution in [1.29, 1.82) is 0 Å². The van der Waals surface area contributed by atoms with Crippen molar-refractivity contribution in [3.8, 4) is 22.9 Å². The van der Waals surface area contributed by atoms with Gasteiger partial charge in [0.1, 0.15) is 0 Å². The summed E-state index contributed by atoms with van der Waals surface area (Å²) in [5, 5.41) is 4.79. The van der Waals surface area contributed by atoms with E-state index in [1.807, 2.05) is 56.3 Å². The Balaban J connectivity index is 1.47. The van der Waals surface area contributed by atoms with Gasteiger partial charge in [-0.05, 0) is 49.7 Å². The van der Waals surface area contributed by atoms with E-state index in [1.54, 1.807) is 12.0 Å². The number of aromatic nitrogens is 2. The minimum absolute atomic E-state index is 0.0345. The summed E-state index contributed by atoms with van der Waals surface area (Å²) in [6.07, 6.45) is 0.381. The third-order valence-corrected chi connectivity index (χ3v) is 5.33. The number of nitrogens with zero attached hydrogens (tertiary/aromatic N) is 3. The first-order chi connectivity index (χ1) is 14.9. The van der Waals surface area contributed by atoms with Gasteiger partial charge in [0.05, 0.1) is 19.1 Å². The number of likely N-dealkylation sites (tertiary alicyclic amines) is 1. The minimum atomic E-state index is -0.133. The van der Waals surface area contributed by atoms with E-state index in [1.165, 1.54) is 0 Å². The van der Waals surface area contributed by atoms with Crippen molar-refractivity contribution in [1.82, 2.24) is 15.0 Å². The van der Waals surface area contributed by atoms with Crippen LogP contribution in [-0.4, -0.2) is 40.7 Å². The summed E-state index contributed by atoms with van der Waals surface area (Å²) >= 11 is 5.94. The molecule has 1 aliphatic heterocycles. The van der Waals surface area contributed by atoms with Crippen LogP contribution in [0.3, 0.4) is 0 Å². The average molecular weight is 442 g/mol. The summed E-state index contributed by atoms with van der Waals surface area (Å²) < 4.78 is 16.7. The van der Waals surface area contributed by atoms with Crippen LogP contribution in [0.5, 0.6) is 11.5 Å². The molecule has 2 aromatic carbocycles. The normalized spacial score (nSPS) is 16.2. The summed E-state index contributed by atoms with van der Waals surface area (Å²) in [6, 6.07) is 13.0. The molecule has 1 aliphatic rings. The van der Waals surface area contributed by atoms with Gasteiger partial charge in [0.2, 0.25) is 17.6 Å². The highest BCUT2D eigenvalue weighted by atomic mass is 35.5. The molecule has 0 saturated carbocycles. The number of hydrogen-bond donors (Lipinski definition) is 0. The zero-order valence-electron chi connectivity index (χ0n) is 17.7. The summed E-state index contributed by atoms with van der Waals surface area (Å²) in [6.45, 7) is 4.98. The fourth-order valence-corrected chi connectivity index (χ4v) is 3.70. The van der Waals surface area contributed by atoms with Crippen LogP contribution in [0.1, 0.15) is 37.6 Å². The first-order valence-electron chi connectivity index (χ1n) is 10.1. The van der Waals surface area contributed by atoms with E-state index in [0.29, 0.717) is 47.7 Å². The predicted octanol–water partition coefficient (Wildman–Crippen LogP) is 4.70. The average Bonchev–Trinajstić information content (AvgIpc) is 3.37. The highest BCUT2D eigenvalue weighted by Crippen LogP contribution is 2.34. The molecule has 7 nitrogen and oxygen atoms in total. The van der Waals surface area contributed by atoms with Gasteiger partial charge in [0.15, 0.2) is 11.5 Å². The lowest BCUT2D eigenvalue weighted by atomic mass is 10.1. The second kappa shape index (κ2) is 8.98. The number of rotatable bonds is 7. The van der Waals surface area contributed by atoms with Crippen LogP contribution < -0.4 is 9.47 Å². The van der Waals surface area contributed by atoms with Crippen molar-refractivity contribution in [2.45, 2.75) is 38.8 Å². The van der Waals surface area contributed by atoms with Crippen molar-refractivity contribution in [3.05, 3.63) is 58.9 Å². The van der Waals surface area contributed by atoms with Gasteiger partial charge >= 0.3 is 0 Å². The zero-order chi connectivity index (χ0) is 22.0. The minimum Gasteiger partial charge on any atom is -0.493 e. The van der Waals surface area contributed by atoms with Gasteiger partial charge in [0.25, 0.3) is 0 Å². The quantitative estimate of drug-likeness (QED) is 0.528. The van der Waals surface area contributed by atoms with Crippen molar-refractivity contribution >= 4 is 17.5 Å². The van der Waals surface area contributed by atoms with Crippen LogP contribution in [0.2, 0.25) is 5.02 Å². The lowest BCUT2D eigenvalue weighted by Gasteiger charge is -2.16. The Bertz CT molecular complexity index is 1060. The van der Waals surface area contributed by atoms with Crippen LogP contribution in [0.25, 0.3) is 11.4 Å². The molecule has 31 heavy (non-hydrogen) atoms. The third kappa shape index (κ3) is 4.82. The van der Waals surface area contributed by atoms with Crippen molar-refractivity contribution in [2.75, 3.05) is 13.7 Å². The van der Waals surface area contributed by atoms with Gasteiger partial charge in [-0.3, -0.25) is 4.79 Å². The van der Waals surface area contributed by atoms with E-state index < -0.39 is 0 Å². The molecule has 1 unspecified atom stereocenters. The molecule has 0 bridgehead atoms. The summed E-state index contributed by atoms with van der Waals surface area (Å²) in [7, 11) is 1.59. The summed E-state index contributed by atoms with van der Waals surface area (Å²) in [5.74, 6) is 2.10. The number of amides is 1. The van der Waals surface area contributed by atoms with Gasteiger partial charge in [0, 0.05) is 30.1 Å². The Morgan fingerprint density at radius 1 is 1.19 bits per heavy atom. The topological polar surface area (TPSA) is 77.7 Å². The number of benzene rings is 2. The second-order valence-corrected chi connectivity index (χ2v) is 8.23. The van der Waals surface area contributed by atoms with Crippen LogP contribution in [0.4, 0.5) is 0 Å². The van der Waals surface area contributed by atoms with E-state index in [-0.39, 0.29) is 17.9 Å². The van der Waals surface area contributed by atoms with Gasteiger partial charge in [-0.2, -0.15) is 4.98 Å². The van der Waals surface area contributed by atoms with Crippen molar-refractivity contribution in [3.63, 3.8) is 0 Å². The van der Waals surface area contributed by atoms with E-state index in [0.717, 1.165) is 11.1 Å². The Morgan fingerprint density at radius 2 is 1.97 bits per heavy atom. The van der Waals surface area contributed by atoms with Crippen LogP contribution in [0, 0.1) is 0 Å². The Morgan fingerprint density at radius 3 is 2.68 bits per heavy atom. The Hall–Kier alpha value is -3.06. The molecule has 162 valence electrons. The largest absolute Gasteiger partial charge is 0.493 e. The van der Waals surface area contributed by atoms with E-state index in [9.17, 15) is 4.79 Å². The van der Waals surface area contributed by atoms with E-state index in [4.69, 9.17) is 25.6 Å². The number of ether oxygens (including phenoxy) is 2. The first-order valence-corrected chi connectivity index (χ1v) is 10.5. The molecule has 3 aromatic rings. The van der Waals surface area contributed by atoms with E-state index >= 15 is 0 Å². The maximum absolute atomic E-state index is 12.5. The SMILES string of the molecule is COc1cc(-c2noc(C3CC(=O)N(Cc4ccc(Cl)cc4)C3)n2)ccc1OC(C)C. The number of carbonyl (C=O) groups excluding carboxylic acids is 1. The fraction of sp³-hybridized carbons (Fsp3) is 0.348. The molecule has 1 amide bonds. The third-order valence-electron chi connectivity index (χ3n) is 5.08. The van der Waals surface area contributed by atoms with Gasteiger partial charge in [-0.1, -0.05) is 28.9 Å². The summed E-state index contributed by atoms with van der Waals surface area (Å²) in [5.41, 5.74) is 1.78. The Kier molecular flexibility index (Phi) is 6.13. The smallest absolute Gasteiger partial charge is 0.232 e. The van der Waals surface area contributed by atoms with Gasteiger partial charge in [-0.25, -0.2) is 0 Å². The molecule has 1 fully saturated rings. The monoisotopic (exact) mass is 441 g/mol. The molecule has 2 heterocycles. The lowest BCUT2D eigenvalue weighted by Crippen LogP contribution is -2.24. The number of carbonyl (C=O) groups is 1. The molecule has 0 radical (unpaired) electrons. The lowest BCUT2D eigenvalue weighted by molar-refractivity contribution is -0.128. The standard InChI is InChI=1S/C23H24ClN3O4/c1-14(2)30-19-9-6-16(10-20(19)29-3)22-25-23(31-26-22)17-11-21(28)27(13-17)12-15-4-7-18(24)8-5-15/h4-10,14,17H,11-13H2,1-3H3. The second-order valence-electron chi connectivity index (χ2n) is 7.79. The molecule has 1 aromatic heterocycles. The van der Waals surface area contributed by atoms with Crippen LogP contribution in [-0.2, 0) is 11.3 Å². The number of methoxy groups -OCH3 is 1. The molecule has 4 rings (SSSR count). The highest BCUT2D eigenvalue weighted by molar-refractivity contribution is 6.30. The molecule has 8 heteroatoms. The van der Waals surface area contributed by atoms with Gasteiger partial charge < -0.3 is 18.9 Å². The molecule has 0 aliphatic carbocycles. The van der Waals surface area contributed by atoms with Crippen LogP contribution >= 0.6 is 11.6 Å². The molecule has 0 spiro atoms. The predicted molar refractivity (Wildman–Crippen MR) is 116 cm³/mol. The van der Waals surface area contributed by atoms with E-state index in [2.05, 4.69) is 10.1 Å². The van der Waals surface area contributed by atoms with Crippen molar-refractivity contribution in [2.24, 2.45) is 0 Å². The number of hydrogen-bond acceptors (Lipinski definition) is 6. The molecule has 0 N–H and O–H groups in total. The fourth-order valence-electron chi connectivity index (χ4n) is 3.58. The zero-order valence-corrected chi connectivity index (χ0v) is 18.4. The maximum Gasteiger partial charge on any atom is 0.232 e. The number of halogens is 1. The van der Waals surface area contributed by atoms with Crippen LogP contribution in [0.15, 0.2) is 47.0 Å². The van der Waals surface area contributed by atoms with Gasteiger partial charge in [-0.15, -0.1) is 0 Å². The highest BCUT2D eigenvalue weighted by Gasteiger charge is 2.34. The first kappa shape index (κ1) is 21.2. The molecular weight excluding hydrogens is 418 g/mol. The summed E-state index contributed by atoms with van der Waals surface area (Å²) in [4.78, 5) is 18.8. The molecule has 1 atom stereocenters. The molecule has 1 saturated heterocycles. The Labute approximate surface area is 185 Å². The van der Waals surface area contributed by atoms with Crippen molar-refractivity contribution < 1.29 is 18.8 Å². The molecular formula is C23H24ClN3O4.